The quantitative estimate of drug-likeness (QED) is 0.221. The van der Waals surface area contributed by atoms with Crippen LogP contribution in [0.5, 0.6) is 5.75 Å². The van der Waals surface area contributed by atoms with Crippen LogP contribution in [0.25, 0.3) is 11.4 Å². The number of hydrogen-bond acceptors (Lipinski definition) is 6. The molecular weight excluding hydrogens is 444 g/mol. The number of ketones is 1. The molecule has 35 heavy (non-hydrogen) atoms. The van der Waals surface area contributed by atoms with Crippen LogP contribution in [0.1, 0.15) is 29.4 Å². The number of hydrogen-bond donors (Lipinski definition) is 1. The summed E-state index contributed by atoms with van der Waals surface area (Å²) in [4.78, 5) is 34.6. The van der Waals surface area contributed by atoms with Crippen molar-refractivity contribution in [2.24, 2.45) is 0 Å². The molecule has 8 nitrogen and oxygen atoms in total. The van der Waals surface area contributed by atoms with Crippen LogP contribution >= 0.6 is 0 Å². The number of rotatable bonds is 9. The average molecular weight is 475 g/mol. The van der Waals surface area contributed by atoms with Crippen molar-refractivity contribution in [3.63, 3.8) is 0 Å². The van der Waals surface area contributed by atoms with Gasteiger partial charge >= 0.3 is 0 Å². The number of fused-ring (bicyclic) bond motifs is 1. The SMILES string of the molecule is C=CCOc1ccc([C@@H]2C(=C(O)c3c(C)nc4ccccn34)C(=O)C(=O)N2CCCN(C)C)cc1. The fraction of sp³-hybridized carbons (Fsp3) is 0.296. The van der Waals surface area contributed by atoms with Crippen molar-refractivity contribution < 1.29 is 19.4 Å². The Morgan fingerprint density at radius 2 is 1.94 bits per heavy atom. The Bertz CT molecular complexity index is 1290. The molecule has 0 bridgehead atoms. The van der Waals surface area contributed by atoms with E-state index in [1.165, 1.54) is 0 Å². The number of aliphatic hydroxyl groups excluding tert-OH is 1. The molecule has 182 valence electrons. The molecule has 1 atom stereocenters. The number of amides is 1. The Balaban J connectivity index is 1.83. The maximum absolute atomic E-state index is 13.3. The van der Waals surface area contributed by atoms with Crippen molar-refractivity contribution in [3.8, 4) is 5.75 Å². The third-order valence-corrected chi connectivity index (χ3v) is 6.04. The third-order valence-electron chi connectivity index (χ3n) is 6.04. The predicted molar refractivity (Wildman–Crippen MR) is 134 cm³/mol. The molecule has 3 aromatic rings. The monoisotopic (exact) mass is 474 g/mol. The maximum atomic E-state index is 13.3. The molecule has 0 unspecified atom stereocenters. The molecule has 1 aliphatic heterocycles. The van der Waals surface area contributed by atoms with E-state index < -0.39 is 17.7 Å². The number of likely N-dealkylation sites (tertiary alicyclic amines) is 1. The molecule has 8 heteroatoms. The number of carbonyl (C=O) groups is 2. The summed E-state index contributed by atoms with van der Waals surface area (Å²) in [5.41, 5.74) is 2.40. The van der Waals surface area contributed by atoms with Gasteiger partial charge in [0, 0.05) is 12.7 Å². The van der Waals surface area contributed by atoms with Crippen molar-refractivity contribution in [2.75, 3.05) is 33.8 Å². The summed E-state index contributed by atoms with van der Waals surface area (Å²) in [6.07, 6.45) is 4.12. The van der Waals surface area contributed by atoms with E-state index in [1.54, 1.807) is 40.6 Å². The zero-order valence-corrected chi connectivity index (χ0v) is 20.3. The second-order valence-corrected chi connectivity index (χ2v) is 8.79. The topological polar surface area (TPSA) is 87.4 Å². The molecule has 1 aliphatic rings. The molecule has 0 radical (unpaired) electrons. The van der Waals surface area contributed by atoms with Crippen LogP contribution in [-0.4, -0.2) is 69.8 Å². The lowest BCUT2D eigenvalue weighted by atomic mass is 9.96. The molecule has 2 aromatic heterocycles. The Hall–Kier alpha value is -3.91. The normalized spacial score (nSPS) is 17.5. The number of pyridine rings is 1. The van der Waals surface area contributed by atoms with Gasteiger partial charge < -0.3 is 19.6 Å². The number of aromatic nitrogens is 2. The highest BCUT2D eigenvalue weighted by molar-refractivity contribution is 6.46. The molecule has 0 aliphatic carbocycles. The zero-order chi connectivity index (χ0) is 25.1. The van der Waals surface area contributed by atoms with Gasteiger partial charge in [0.15, 0.2) is 5.76 Å². The van der Waals surface area contributed by atoms with Crippen LogP contribution < -0.4 is 4.74 Å². The van der Waals surface area contributed by atoms with Crippen molar-refractivity contribution in [3.05, 3.63) is 83.8 Å². The fourth-order valence-electron chi connectivity index (χ4n) is 4.44. The van der Waals surface area contributed by atoms with E-state index in [-0.39, 0.29) is 11.3 Å². The van der Waals surface area contributed by atoms with Gasteiger partial charge in [-0.2, -0.15) is 0 Å². The van der Waals surface area contributed by atoms with E-state index in [0.717, 1.165) is 6.54 Å². The summed E-state index contributed by atoms with van der Waals surface area (Å²) < 4.78 is 7.32. The number of benzene rings is 1. The van der Waals surface area contributed by atoms with Crippen LogP contribution in [0.3, 0.4) is 0 Å². The number of aliphatic hydroxyl groups is 1. The minimum Gasteiger partial charge on any atom is -0.505 e. The Morgan fingerprint density at radius 1 is 1.20 bits per heavy atom. The molecule has 1 aromatic carbocycles. The molecule has 1 saturated heterocycles. The van der Waals surface area contributed by atoms with Crippen LogP contribution in [0.15, 0.2) is 66.9 Å². The number of aryl methyl sites for hydroxylation is 1. The van der Waals surface area contributed by atoms with Gasteiger partial charge in [0.05, 0.1) is 17.3 Å². The van der Waals surface area contributed by atoms with E-state index in [1.807, 2.05) is 49.3 Å². The van der Waals surface area contributed by atoms with Crippen molar-refractivity contribution in [1.29, 1.82) is 0 Å². The Labute approximate surface area is 204 Å². The van der Waals surface area contributed by atoms with Crippen molar-refractivity contribution in [1.82, 2.24) is 19.2 Å². The first-order valence-corrected chi connectivity index (χ1v) is 11.5. The summed E-state index contributed by atoms with van der Waals surface area (Å²) >= 11 is 0. The van der Waals surface area contributed by atoms with E-state index >= 15 is 0 Å². The van der Waals surface area contributed by atoms with Gasteiger partial charge in [-0.05, 0) is 63.8 Å². The van der Waals surface area contributed by atoms with Crippen LogP contribution in [0.4, 0.5) is 0 Å². The highest BCUT2D eigenvalue weighted by Gasteiger charge is 2.46. The second kappa shape index (κ2) is 10.1. The molecular formula is C27H30N4O4. The minimum absolute atomic E-state index is 0.0633. The number of imidazole rings is 1. The largest absolute Gasteiger partial charge is 0.505 e. The summed E-state index contributed by atoms with van der Waals surface area (Å²) in [6.45, 7) is 6.94. The number of Topliss-reactive ketones (excluding diaryl/α,β-unsaturated/α-hetero) is 1. The van der Waals surface area contributed by atoms with Crippen LogP contribution in [0, 0.1) is 6.92 Å². The van der Waals surface area contributed by atoms with E-state index in [0.29, 0.717) is 47.9 Å². The first-order valence-electron chi connectivity index (χ1n) is 11.5. The molecule has 0 saturated carbocycles. The van der Waals surface area contributed by atoms with Gasteiger partial charge in [0.25, 0.3) is 11.7 Å². The van der Waals surface area contributed by atoms with Crippen LogP contribution in [-0.2, 0) is 9.59 Å². The second-order valence-electron chi connectivity index (χ2n) is 8.79. The lowest BCUT2D eigenvalue weighted by molar-refractivity contribution is -0.139. The first kappa shape index (κ1) is 24.2. The summed E-state index contributed by atoms with van der Waals surface area (Å²) in [5, 5.41) is 11.5. The minimum atomic E-state index is -0.723. The Kier molecular flexibility index (Phi) is 7.02. The van der Waals surface area contributed by atoms with Crippen molar-refractivity contribution in [2.45, 2.75) is 19.4 Å². The standard InChI is InChI=1S/C27H30N4O4/c1-5-17-35-20-12-10-19(11-13-20)24-22(26(33)27(34)31(24)16-8-14-29(3)4)25(32)23-18(2)28-21-9-6-7-15-30(21)23/h5-7,9-13,15,24,32H,1,8,14,16-17H2,2-4H3/t24-/m1/s1. The van der Waals surface area contributed by atoms with Gasteiger partial charge in [-0.1, -0.05) is 30.9 Å². The summed E-state index contributed by atoms with van der Waals surface area (Å²) in [7, 11) is 3.92. The van der Waals surface area contributed by atoms with E-state index in [4.69, 9.17) is 4.74 Å². The number of carbonyl (C=O) groups excluding carboxylic acids is 2. The smallest absolute Gasteiger partial charge is 0.295 e. The lowest BCUT2D eigenvalue weighted by Gasteiger charge is -2.26. The Morgan fingerprint density at radius 3 is 2.63 bits per heavy atom. The zero-order valence-electron chi connectivity index (χ0n) is 20.3. The summed E-state index contributed by atoms with van der Waals surface area (Å²) in [5.74, 6) is -0.897. The van der Waals surface area contributed by atoms with E-state index in [2.05, 4.69) is 11.6 Å². The fourth-order valence-corrected chi connectivity index (χ4v) is 4.44. The van der Waals surface area contributed by atoms with Crippen molar-refractivity contribution >= 4 is 23.1 Å². The average Bonchev–Trinajstić information content (AvgIpc) is 3.31. The predicted octanol–water partition coefficient (Wildman–Crippen LogP) is 3.58. The third kappa shape index (κ3) is 4.70. The molecule has 3 heterocycles. The van der Waals surface area contributed by atoms with E-state index in [9.17, 15) is 14.7 Å². The maximum Gasteiger partial charge on any atom is 0.295 e. The first-order chi connectivity index (χ1) is 16.8. The van der Waals surface area contributed by atoms with Gasteiger partial charge in [0.1, 0.15) is 23.7 Å². The number of ether oxygens (including phenoxy) is 1. The number of nitrogens with zero attached hydrogens (tertiary/aromatic N) is 4. The molecule has 1 N–H and O–H groups in total. The van der Waals surface area contributed by atoms with Crippen LogP contribution in [0.2, 0.25) is 0 Å². The summed E-state index contributed by atoms with van der Waals surface area (Å²) in [6, 6.07) is 12.0. The molecule has 1 fully saturated rings. The molecule has 4 rings (SSSR count). The highest BCUT2D eigenvalue weighted by Crippen LogP contribution is 2.40. The molecule has 1 amide bonds. The van der Waals surface area contributed by atoms with Gasteiger partial charge in [-0.25, -0.2) is 4.98 Å². The lowest BCUT2D eigenvalue weighted by Crippen LogP contribution is -2.32. The molecule has 0 spiro atoms. The highest BCUT2D eigenvalue weighted by atomic mass is 16.5. The van der Waals surface area contributed by atoms with Gasteiger partial charge in [0.2, 0.25) is 0 Å². The van der Waals surface area contributed by atoms with Gasteiger partial charge in [-0.15, -0.1) is 0 Å². The van der Waals surface area contributed by atoms with Gasteiger partial charge in [-0.3, -0.25) is 14.0 Å².